The summed E-state index contributed by atoms with van der Waals surface area (Å²) in [6.45, 7) is 0. The maximum absolute atomic E-state index is 12.6. The highest BCUT2D eigenvalue weighted by molar-refractivity contribution is 9.10. The summed E-state index contributed by atoms with van der Waals surface area (Å²) in [5.74, 6) is 0.0528. The fraction of sp³-hybridized carbons (Fsp3) is 0.0400. The third-order valence-electron chi connectivity index (χ3n) is 4.80. The van der Waals surface area contributed by atoms with Gasteiger partial charge < -0.3 is 21.5 Å². The first-order valence-electron chi connectivity index (χ1n) is 10.3. The SMILES string of the molecule is NC(=Nc1ccc(-c2ccccc2)nn1)Nc1ccccc1OC(=O)C(N)c1ccc(Br)cc1. The highest BCUT2D eigenvalue weighted by Gasteiger charge is 2.19. The van der Waals surface area contributed by atoms with Crippen molar-refractivity contribution in [3.8, 4) is 17.0 Å². The number of ether oxygens (including phenoxy) is 1. The minimum Gasteiger partial charge on any atom is -0.423 e. The lowest BCUT2D eigenvalue weighted by Gasteiger charge is -2.15. The van der Waals surface area contributed by atoms with Crippen molar-refractivity contribution in [3.63, 3.8) is 0 Å². The predicted molar refractivity (Wildman–Crippen MR) is 136 cm³/mol. The van der Waals surface area contributed by atoms with E-state index in [0.717, 1.165) is 15.7 Å². The molecule has 1 aromatic heterocycles. The number of carbonyl (C=O) groups is 1. The number of benzene rings is 3. The molecular formula is C25H21BrN6O2. The standard InChI is InChI=1S/C25H21BrN6O2/c26-18-12-10-17(11-13-18)23(27)24(33)34-21-9-5-4-8-20(21)29-25(28)30-22-15-14-19(31-32-22)16-6-2-1-3-7-16/h1-15,23H,27H2,(H3,28,29,30,32). The first kappa shape index (κ1) is 23.1. The van der Waals surface area contributed by atoms with Gasteiger partial charge in [0.2, 0.25) is 0 Å². The average molecular weight is 517 g/mol. The zero-order valence-electron chi connectivity index (χ0n) is 17.9. The monoisotopic (exact) mass is 516 g/mol. The van der Waals surface area contributed by atoms with Gasteiger partial charge in [0.15, 0.2) is 17.5 Å². The van der Waals surface area contributed by atoms with Crippen molar-refractivity contribution >= 4 is 39.4 Å². The fourth-order valence-electron chi connectivity index (χ4n) is 3.07. The van der Waals surface area contributed by atoms with Crippen molar-refractivity contribution in [1.82, 2.24) is 10.2 Å². The topological polar surface area (TPSA) is 129 Å². The third kappa shape index (κ3) is 5.83. The lowest BCUT2D eigenvalue weighted by atomic mass is 10.1. The van der Waals surface area contributed by atoms with Crippen molar-refractivity contribution in [2.24, 2.45) is 16.5 Å². The Morgan fingerprint density at radius 1 is 0.912 bits per heavy atom. The second-order valence-electron chi connectivity index (χ2n) is 7.21. The van der Waals surface area contributed by atoms with Crippen molar-refractivity contribution < 1.29 is 9.53 Å². The van der Waals surface area contributed by atoms with Crippen molar-refractivity contribution in [3.05, 3.63) is 101 Å². The summed E-state index contributed by atoms with van der Waals surface area (Å²) >= 11 is 3.36. The Labute approximate surface area is 204 Å². The van der Waals surface area contributed by atoms with Crippen LogP contribution in [0.4, 0.5) is 11.5 Å². The lowest BCUT2D eigenvalue weighted by molar-refractivity contribution is -0.135. The molecule has 1 unspecified atom stereocenters. The first-order valence-corrected chi connectivity index (χ1v) is 11.1. The Kier molecular flexibility index (Phi) is 7.26. The lowest BCUT2D eigenvalue weighted by Crippen LogP contribution is -2.27. The number of anilines is 1. The number of hydrogen-bond donors (Lipinski definition) is 3. The normalized spacial score (nSPS) is 12.1. The number of rotatable bonds is 6. The number of aliphatic imine (C=N–C) groups is 1. The van der Waals surface area contributed by atoms with Gasteiger partial charge in [-0.2, -0.15) is 4.99 Å². The molecule has 4 aromatic rings. The number of aromatic nitrogens is 2. The molecule has 1 heterocycles. The Morgan fingerprint density at radius 2 is 1.62 bits per heavy atom. The summed E-state index contributed by atoms with van der Waals surface area (Å²) in [7, 11) is 0. The highest BCUT2D eigenvalue weighted by Crippen LogP contribution is 2.26. The molecule has 0 aliphatic carbocycles. The summed E-state index contributed by atoms with van der Waals surface area (Å²) in [5, 5.41) is 11.2. The van der Waals surface area contributed by atoms with Crippen LogP contribution in [0, 0.1) is 0 Å². The van der Waals surface area contributed by atoms with Crippen LogP contribution in [-0.4, -0.2) is 22.1 Å². The van der Waals surface area contributed by atoms with E-state index in [0.29, 0.717) is 17.1 Å². The van der Waals surface area contributed by atoms with Crippen molar-refractivity contribution in [2.75, 3.05) is 5.32 Å². The van der Waals surface area contributed by atoms with Gasteiger partial charge in [0, 0.05) is 10.0 Å². The Bertz CT molecular complexity index is 1300. The van der Waals surface area contributed by atoms with Gasteiger partial charge in [0.05, 0.1) is 11.4 Å². The van der Waals surface area contributed by atoms with Crippen LogP contribution in [0.1, 0.15) is 11.6 Å². The van der Waals surface area contributed by atoms with E-state index < -0.39 is 12.0 Å². The van der Waals surface area contributed by atoms with E-state index in [-0.39, 0.29) is 11.7 Å². The molecule has 0 aliphatic heterocycles. The summed E-state index contributed by atoms with van der Waals surface area (Å²) < 4.78 is 6.42. The van der Waals surface area contributed by atoms with Gasteiger partial charge in [-0.05, 0) is 42.0 Å². The van der Waals surface area contributed by atoms with E-state index in [1.54, 1.807) is 42.5 Å². The van der Waals surface area contributed by atoms with Gasteiger partial charge in [-0.3, -0.25) is 0 Å². The molecule has 170 valence electrons. The van der Waals surface area contributed by atoms with E-state index in [9.17, 15) is 4.79 Å². The van der Waals surface area contributed by atoms with Crippen molar-refractivity contribution in [2.45, 2.75) is 6.04 Å². The molecule has 0 bridgehead atoms. The minimum absolute atomic E-state index is 0.0578. The number of carbonyl (C=O) groups excluding carboxylic acids is 1. The maximum atomic E-state index is 12.6. The van der Waals surface area contributed by atoms with Crippen LogP contribution in [0.3, 0.4) is 0 Å². The van der Waals surface area contributed by atoms with Gasteiger partial charge in [-0.15, -0.1) is 10.2 Å². The predicted octanol–water partition coefficient (Wildman–Crippen LogP) is 4.57. The maximum Gasteiger partial charge on any atom is 0.333 e. The van der Waals surface area contributed by atoms with Gasteiger partial charge >= 0.3 is 5.97 Å². The molecule has 4 rings (SSSR count). The van der Waals surface area contributed by atoms with Gasteiger partial charge in [0.25, 0.3) is 0 Å². The van der Waals surface area contributed by atoms with Crippen LogP contribution < -0.4 is 21.5 Å². The van der Waals surface area contributed by atoms with E-state index >= 15 is 0 Å². The molecule has 0 spiro atoms. The largest absolute Gasteiger partial charge is 0.423 e. The van der Waals surface area contributed by atoms with Gasteiger partial charge in [0.1, 0.15) is 6.04 Å². The Balaban J connectivity index is 1.45. The molecule has 9 heteroatoms. The molecule has 0 saturated heterocycles. The van der Waals surface area contributed by atoms with Crippen LogP contribution >= 0.6 is 15.9 Å². The number of halogens is 1. The van der Waals surface area contributed by atoms with E-state index in [1.807, 2.05) is 48.5 Å². The highest BCUT2D eigenvalue weighted by atomic mass is 79.9. The Morgan fingerprint density at radius 3 is 2.32 bits per heavy atom. The number of nitrogens with zero attached hydrogens (tertiary/aromatic N) is 3. The second kappa shape index (κ2) is 10.7. The van der Waals surface area contributed by atoms with E-state index in [4.69, 9.17) is 16.2 Å². The smallest absolute Gasteiger partial charge is 0.333 e. The summed E-state index contributed by atoms with van der Waals surface area (Å²) in [6, 6.07) is 26.3. The first-order chi connectivity index (χ1) is 16.5. The number of nitrogens with one attached hydrogen (secondary N) is 1. The van der Waals surface area contributed by atoms with E-state index in [1.165, 1.54) is 0 Å². The van der Waals surface area contributed by atoms with Gasteiger partial charge in [-0.1, -0.05) is 70.5 Å². The number of nitrogens with two attached hydrogens (primary N) is 2. The second-order valence-corrected chi connectivity index (χ2v) is 8.13. The molecule has 34 heavy (non-hydrogen) atoms. The molecule has 0 amide bonds. The molecule has 1 atom stereocenters. The number of hydrogen-bond acceptors (Lipinski definition) is 6. The molecule has 0 saturated carbocycles. The number of esters is 1. The minimum atomic E-state index is -0.939. The van der Waals surface area contributed by atoms with Gasteiger partial charge in [-0.25, -0.2) is 4.79 Å². The molecule has 0 fully saturated rings. The molecule has 3 aromatic carbocycles. The molecule has 0 aliphatic rings. The fourth-order valence-corrected chi connectivity index (χ4v) is 3.34. The molecular weight excluding hydrogens is 496 g/mol. The van der Waals surface area contributed by atoms with Crippen LogP contribution in [0.2, 0.25) is 0 Å². The van der Waals surface area contributed by atoms with E-state index in [2.05, 4.69) is 36.4 Å². The average Bonchev–Trinajstić information content (AvgIpc) is 2.86. The summed E-state index contributed by atoms with van der Waals surface area (Å²) in [6.07, 6.45) is 0. The van der Waals surface area contributed by atoms with Crippen LogP contribution in [0.5, 0.6) is 5.75 Å². The third-order valence-corrected chi connectivity index (χ3v) is 5.33. The molecule has 5 N–H and O–H groups in total. The van der Waals surface area contributed by atoms with Crippen LogP contribution in [0.15, 0.2) is 100 Å². The zero-order chi connectivity index (χ0) is 23.9. The quantitative estimate of drug-likeness (QED) is 0.148. The molecule has 0 radical (unpaired) electrons. The number of guanidine groups is 1. The zero-order valence-corrected chi connectivity index (χ0v) is 19.5. The number of para-hydroxylation sites is 2. The van der Waals surface area contributed by atoms with Crippen LogP contribution in [0.25, 0.3) is 11.3 Å². The van der Waals surface area contributed by atoms with Crippen molar-refractivity contribution in [1.29, 1.82) is 0 Å². The summed E-state index contributed by atoms with van der Waals surface area (Å²) in [4.78, 5) is 16.8. The summed E-state index contributed by atoms with van der Waals surface area (Å²) in [5.41, 5.74) is 14.9. The Hall–Kier alpha value is -4.08. The van der Waals surface area contributed by atoms with Crippen LogP contribution in [-0.2, 0) is 4.79 Å². The molecule has 8 nitrogen and oxygen atoms in total.